The van der Waals surface area contributed by atoms with Crippen molar-refractivity contribution in [2.75, 3.05) is 18.0 Å². The molecule has 0 bridgehead atoms. The van der Waals surface area contributed by atoms with Gasteiger partial charge in [-0.1, -0.05) is 5.16 Å². The minimum absolute atomic E-state index is 0.0637. The van der Waals surface area contributed by atoms with E-state index in [9.17, 15) is 13.2 Å². The van der Waals surface area contributed by atoms with E-state index in [1.54, 1.807) is 37.2 Å². The molecule has 28 heavy (non-hydrogen) atoms. The Morgan fingerprint density at radius 2 is 2.11 bits per heavy atom. The normalized spacial score (nSPS) is 18.4. The summed E-state index contributed by atoms with van der Waals surface area (Å²) in [5.74, 6) is -0.224. The monoisotopic (exact) mass is 406 g/mol. The molecule has 3 rings (SSSR count). The molecular weight excluding hydrogens is 380 g/mol. The topological polar surface area (TPSA) is 96.6 Å². The fraction of sp³-hybridized carbons (Fsp3) is 0.526. The van der Waals surface area contributed by atoms with Gasteiger partial charge in [0.2, 0.25) is 15.9 Å². The lowest BCUT2D eigenvalue weighted by atomic mass is 9.97. The van der Waals surface area contributed by atoms with Crippen LogP contribution in [-0.4, -0.2) is 47.9 Å². The summed E-state index contributed by atoms with van der Waals surface area (Å²) in [4.78, 5) is 19.2. The molecule has 3 heterocycles. The van der Waals surface area contributed by atoms with Gasteiger partial charge in [-0.15, -0.1) is 0 Å². The molecule has 1 amide bonds. The van der Waals surface area contributed by atoms with Crippen LogP contribution < -0.4 is 4.90 Å². The molecule has 2 aromatic heterocycles. The van der Waals surface area contributed by atoms with Crippen LogP contribution in [-0.2, 0) is 14.8 Å². The molecule has 9 heteroatoms. The first-order valence-electron chi connectivity index (χ1n) is 9.39. The van der Waals surface area contributed by atoms with Crippen molar-refractivity contribution in [1.82, 2.24) is 14.4 Å². The van der Waals surface area contributed by atoms with Crippen LogP contribution >= 0.6 is 0 Å². The lowest BCUT2D eigenvalue weighted by Crippen LogP contribution is -2.48. The largest absolute Gasteiger partial charge is 0.360 e. The highest BCUT2D eigenvalue weighted by Crippen LogP contribution is 2.29. The molecule has 152 valence electrons. The molecular formula is C19H26N4O4S. The van der Waals surface area contributed by atoms with Gasteiger partial charge in [-0.2, -0.15) is 4.31 Å². The first-order chi connectivity index (χ1) is 13.2. The van der Waals surface area contributed by atoms with Gasteiger partial charge in [0.1, 0.15) is 10.6 Å². The van der Waals surface area contributed by atoms with Gasteiger partial charge in [0, 0.05) is 25.3 Å². The average Bonchev–Trinajstić information content (AvgIpc) is 3.01. The van der Waals surface area contributed by atoms with Crippen molar-refractivity contribution < 1.29 is 17.7 Å². The maximum atomic E-state index is 13.3. The van der Waals surface area contributed by atoms with E-state index < -0.39 is 15.9 Å². The number of aromatic nitrogens is 2. The van der Waals surface area contributed by atoms with Gasteiger partial charge < -0.3 is 9.42 Å². The Hall–Kier alpha value is -2.26. The number of sulfonamides is 1. The number of carbonyl (C=O) groups is 1. The van der Waals surface area contributed by atoms with E-state index >= 15 is 0 Å². The highest BCUT2D eigenvalue weighted by atomic mass is 32.2. The van der Waals surface area contributed by atoms with Crippen molar-refractivity contribution in [2.45, 2.75) is 51.5 Å². The second-order valence-electron chi connectivity index (χ2n) is 7.37. The quantitative estimate of drug-likeness (QED) is 0.757. The number of amides is 1. The third-order valence-corrected chi connectivity index (χ3v) is 7.09. The smallest absolute Gasteiger partial charge is 0.248 e. The summed E-state index contributed by atoms with van der Waals surface area (Å²) < 4.78 is 32.7. The van der Waals surface area contributed by atoms with Crippen molar-refractivity contribution in [3.63, 3.8) is 0 Å². The molecule has 2 aromatic rings. The Kier molecular flexibility index (Phi) is 5.85. The van der Waals surface area contributed by atoms with Crippen LogP contribution in [0.4, 0.5) is 5.69 Å². The van der Waals surface area contributed by atoms with E-state index in [1.807, 2.05) is 19.9 Å². The molecule has 1 atom stereocenters. The predicted octanol–water partition coefficient (Wildman–Crippen LogP) is 2.53. The Morgan fingerprint density at radius 3 is 2.68 bits per heavy atom. The van der Waals surface area contributed by atoms with E-state index in [1.165, 1.54) is 4.31 Å². The second-order valence-corrected chi connectivity index (χ2v) is 9.24. The average molecular weight is 407 g/mol. The molecule has 1 fully saturated rings. The zero-order chi connectivity index (χ0) is 20.5. The summed E-state index contributed by atoms with van der Waals surface area (Å²) in [5, 5.41) is 3.76. The summed E-state index contributed by atoms with van der Waals surface area (Å²) in [6.07, 6.45) is 4.58. The van der Waals surface area contributed by atoms with Gasteiger partial charge >= 0.3 is 0 Å². The minimum Gasteiger partial charge on any atom is -0.360 e. The minimum atomic E-state index is -3.76. The lowest BCUT2D eigenvalue weighted by molar-refractivity contribution is -0.123. The summed E-state index contributed by atoms with van der Waals surface area (Å²) in [7, 11) is -3.76. The molecule has 8 nitrogen and oxygen atoms in total. The van der Waals surface area contributed by atoms with Crippen molar-refractivity contribution in [2.24, 2.45) is 5.92 Å². The van der Waals surface area contributed by atoms with E-state index in [2.05, 4.69) is 10.1 Å². The summed E-state index contributed by atoms with van der Waals surface area (Å²) in [6.45, 7) is 7.60. The van der Waals surface area contributed by atoms with E-state index in [0.717, 1.165) is 0 Å². The number of nitrogens with zero attached hydrogens (tertiary/aromatic N) is 4. The predicted molar refractivity (Wildman–Crippen MR) is 104 cm³/mol. The zero-order valence-corrected chi connectivity index (χ0v) is 17.4. The van der Waals surface area contributed by atoms with Gasteiger partial charge in [-0.25, -0.2) is 8.42 Å². The van der Waals surface area contributed by atoms with Gasteiger partial charge in [0.25, 0.3) is 0 Å². The number of aryl methyl sites for hydroxylation is 2. The molecule has 0 aromatic carbocycles. The van der Waals surface area contributed by atoms with Crippen LogP contribution in [0.15, 0.2) is 33.9 Å². The number of hydrogen-bond donors (Lipinski definition) is 0. The Morgan fingerprint density at radius 1 is 1.36 bits per heavy atom. The van der Waals surface area contributed by atoms with Gasteiger partial charge in [-0.05, 0) is 52.7 Å². The third kappa shape index (κ3) is 3.81. The van der Waals surface area contributed by atoms with Crippen molar-refractivity contribution in [3.05, 3.63) is 36.0 Å². The van der Waals surface area contributed by atoms with E-state index in [-0.39, 0.29) is 29.1 Å². The summed E-state index contributed by atoms with van der Waals surface area (Å²) in [6, 6.07) is 3.56. The van der Waals surface area contributed by atoms with Gasteiger partial charge in [-0.3, -0.25) is 9.78 Å². The fourth-order valence-electron chi connectivity index (χ4n) is 3.71. The van der Waals surface area contributed by atoms with Crippen LogP contribution in [0.25, 0.3) is 0 Å². The van der Waals surface area contributed by atoms with Gasteiger partial charge in [0.05, 0.1) is 17.8 Å². The highest BCUT2D eigenvalue weighted by Gasteiger charge is 2.38. The third-order valence-electron chi connectivity index (χ3n) is 4.98. The summed E-state index contributed by atoms with van der Waals surface area (Å²) >= 11 is 0. The lowest BCUT2D eigenvalue weighted by Gasteiger charge is -2.35. The van der Waals surface area contributed by atoms with E-state index in [4.69, 9.17) is 4.52 Å². The molecule has 0 radical (unpaired) electrons. The molecule has 0 N–H and O–H groups in total. The number of anilines is 1. The van der Waals surface area contributed by atoms with Crippen LogP contribution in [0, 0.1) is 19.8 Å². The van der Waals surface area contributed by atoms with E-state index in [0.29, 0.717) is 30.8 Å². The molecule has 0 spiro atoms. The maximum Gasteiger partial charge on any atom is 0.248 e. The zero-order valence-electron chi connectivity index (χ0n) is 16.6. The van der Waals surface area contributed by atoms with Crippen LogP contribution in [0.3, 0.4) is 0 Å². The number of carbonyl (C=O) groups excluding carboxylic acids is 1. The van der Waals surface area contributed by atoms with Gasteiger partial charge in [0.15, 0.2) is 5.76 Å². The number of hydrogen-bond acceptors (Lipinski definition) is 6. The Balaban J connectivity index is 1.85. The Bertz CT molecular complexity index is 921. The summed E-state index contributed by atoms with van der Waals surface area (Å²) in [5.41, 5.74) is 1.05. The molecule has 0 aliphatic carbocycles. The maximum absolute atomic E-state index is 13.3. The standard InChI is InChI=1S/C19H26N4O4S/c1-13(2)23(17-8-5-9-20-11-17)19(24)16-7-6-10-22(12-16)28(25,26)18-14(3)21-27-15(18)4/h5,8-9,11,13,16H,6-7,10,12H2,1-4H3. The fourth-order valence-corrected chi connectivity index (χ4v) is 5.52. The molecule has 0 saturated carbocycles. The number of rotatable bonds is 5. The second kappa shape index (κ2) is 8.00. The number of piperidine rings is 1. The van der Waals surface area contributed by atoms with Crippen LogP contribution in [0.1, 0.15) is 38.1 Å². The molecule has 1 unspecified atom stereocenters. The number of pyridine rings is 1. The molecule has 1 aliphatic rings. The first-order valence-corrected chi connectivity index (χ1v) is 10.8. The van der Waals surface area contributed by atoms with Crippen molar-refractivity contribution >= 4 is 21.6 Å². The molecule has 1 saturated heterocycles. The van der Waals surface area contributed by atoms with Crippen LogP contribution in [0.2, 0.25) is 0 Å². The van der Waals surface area contributed by atoms with Crippen molar-refractivity contribution in [1.29, 1.82) is 0 Å². The highest BCUT2D eigenvalue weighted by molar-refractivity contribution is 7.89. The SMILES string of the molecule is Cc1noc(C)c1S(=O)(=O)N1CCCC(C(=O)N(c2cccnc2)C(C)C)C1. The molecule has 1 aliphatic heterocycles. The van der Waals surface area contributed by atoms with Crippen LogP contribution in [0.5, 0.6) is 0 Å². The van der Waals surface area contributed by atoms with Crippen molar-refractivity contribution in [3.8, 4) is 0 Å². The Labute approximate surface area is 165 Å². The first kappa shape index (κ1) is 20.5.